The second-order valence-electron chi connectivity index (χ2n) is 7.60. The van der Waals surface area contributed by atoms with Crippen LogP contribution in [0.25, 0.3) is 11.3 Å². The summed E-state index contributed by atoms with van der Waals surface area (Å²) in [6.07, 6.45) is 8.36. The van der Waals surface area contributed by atoms with E-state index in [1.54, 1.807) is 30.7 Å². The number of rotatable bonds is 11. The molecule has 36 heavy (non-hydrogen) atoms. The molecule has 10 heteroatoms. The number of aromatic nitrogens is 3. The summed E-state index contributed by atoms with van der Waals surface area (Å²) >= 11 is 6.45. The normalized spacial score (nSPS) is 10.9. The van der Waals surface area contributed by atoms with Gasteiger partial charge in [0.25, 0.3) is 0 Å². The van der Waals surface area contributed by atoms with E-state index in [-0.39, 0.29) is 19.1 Å². The summed E-state index contributed by atoms with van der Waals surface area (Å²) < 4.78 is 11.3. The van der Waals surface area contributed by atoms with Crippen LogP contribution in [0, 0.1) is 0 Å². The molecule has 3 heterocycles. The number of nitrogens with zero attached hydrogens (tertiary/aromatic N) is 3. The predicted molar refractivity (Wildman–Crippen MR) is 136 cm³/mol. The van der Waals surface area contributed by atoms with Gasteiger partial charge in [-0.15, -0.1) is 0 Å². The van der Waals surface area contributed by atoms with Crippen molar-refractivity contribution in [3.8, 4) is 17.1 Å². The van der Waals surface area contributed by atoms with Crippen LogP contribution in [0.2, 0.25) is 5.02 Å². The van der Waals surface area contributed by atoms with E-state index >= 15 is 0 Å². The second kappa shape index (κ2) is 12.5. The molecule has 4 rings (SSSR count). The molecule has 0 atom stereocenters. The van der Waals surface area contributed by atoms with E-state index < -0.39 is 0 Å². The van der Waals surface area contributed by atoms with Crippen molar-refractivity contribution in [2.24, 2.45) is 0 Å². The Labute approximate surface area is 212 Å². The van der Waals surface area contributed by atoms with Gasteiger partial charge in [-0.05, 0) is 36.4 Å². The molecule has 9 nitrogen and oxygen atoms in total. The van der Waals surface area contributed by atoms with Gasteiger partial charge in [0.2, 0.25) is 5.91 Å². The van der Waals surface area contributed by atoms with Crippen LogP contribution in [-0.2, 0) is 17.8 Å². The number of nitrogens with one attached hydrogen (secondary N) is 2. The maximum atomic E-state index is 11.7. The molecule has 0 spiro atoms. The highest BCUT2D eigenvalue weighted by atomic mass is 35.5. The molecule has 0 radical (unpaired) electrons. The predicted octanol–water partition coefficient (Wildman–Crippen LogP) is 4.31. The highest BCUT2D eigenvalue weighted by Gasteiger charge is 2.13. The zero-order valence-corrected chi connectivity index (χ0v) is 20.0. The fourth-order valence-corrected chi connectivity index (χ4v) is 3.52. The summed E-state index contributed by atoms with van der Waals surface area (Å²) in [5.41, 5.74) is 3.68. The Morgan fingerprint density at radius 2 is 2.06 bits per heavy atom. The Hall–Kier alpha value is -4.21. The minimum Gasteiger partial charge on any atom is -0.492 e. The number of aliphatic hydroxyl groups is 1. The lowest BCUT2D eigenvalue weighted by Gasteiger charge is -2.12. The number of hydrogen-bond acceptors (Lipinski definition) is 8. The molecule has 1 aromatic carbocycles. The van der Waals surface area contributed by atoms with Crippen molar-refractivity contribution in [2.75, 3.05) is 18.5 Å². The third-order valence-electron chi connectivity index (χ3n) is 5.02. The number of pyridine rings is 2. The molecular formula is C26H24ClN5O4. The second-order valence-corrected chi connectivity index (χ2v) is 8.00. The van der Waals surface area contributed by atoms with Crippen molar-refractivity contribution >= 4 is 28.9 Å². The molecule has 0 fully saturated rings. The molecular weight excluding hydrogens is 482 g/mol. The van der Waals surface area contributed by atoms with E-state index in [1.807, 2.05) is 36.4 Å². The van der Waals surface area contributed by atoms with Crippen LogP contribution >= 0.6 is 11.6 Å². The summed E-state index contributed by atoms with van der Waals surface area (Å²) in [7, 11) is 0. The van der Waals surface area contributed by atoms with E-state index in [4.69, 9.17) is 26.0 Å². The molecule has 3 N–H and O–H groups in total. The number of ether oxygens (including phenoxy) is 1. The van der Waals surface area contributed by atoms with Crippen molar-refractivity contribution in [2.45, 2.75) is 13.0 Å². The van der Waals surface area contributed by atoms with Crippen LogP contribution in [0.15, 0.2) is 83.8 Å². The topological polar surface area (TPSA) is 122 Å². The summed E-state index contributed by atoms with van der Waals surface area (Å²) in [4.78, 5) is 20.2. The summed E-state index contributed by atoms with van der Waals surface area (Å²) in [6, 6.07) is 14.8. The number of benzene rings is 1. The highest BCUT2D eigenvalue weighted by molar-refractivity contribution is 6.32. The molecule has 184 valence electrons. The fourth-order valence-electron chi connectivity index (χ4n) is 3.28. The number of carbonyl (C=O) groups excluding carboxylic acids is 1. The first kappa shape index (κ1) is 24.9. The summed E-state index contributed by atoms with van der Waals surface area (Å²) in [5.74, 6) is 0.739. The lowest BCUT2D eigenvalue weighted by atomic mass is 10.1. The van der Waals surface area contributed by atoms with Crippen molar-refractivity contribution < 1.29 is 19.2 Å². The van der Waals surface area contributed by atoms with Gasteiger partial charge in [-0.25, -0.2) is 0 Å². The molecule has 0 saturated heterocycles. The molecule has 4 aromatic rings. The molecule has 0 bridgehead atoms. The minimum absolute atomic E-state index is 0.179. The Balaban J connectivity index is 1.39. The number of aliphatic hydroxyl groups excluding tert-OH is 1. The zero-order chi connectivity index (χ0) is 25.2. The van der Waals surface area contributed by atoms with Crippen LogP contribution in [-0.4, -0.2) is 39.4 Å². The third kappa shape index (κ3) is 6.91. The van der Waals surface area contributed by atoms with Crippen LogP contribution in [0.4, 0.5) is 11.4 Å². The van der Waals surface area contributed by atoms with Crippen molar-refractivity contribution in [3.63, 3.8) is 0 Å². The average molecular weight is 506 g/mol. The minimum atomic E-state index is -0.335. The number of halogens is 1. The van der Waals surface area contributed by atoms with Crippen molar-refractivity contribution in [1.29, 1.82) is 0 Å². The maximum Gasteiger partial charge on any atom is 0.244 e. The molecule has 0 aliphatic rings. The fraction of sp³-hybridized carbons (Fsp3) is 0.154. The molecule has 0 aliphatic heterocycles. The standard InChI is InChI=1S/C26H24ClN5O4/c27-22-14-19(6-7-24(22)35-13-9-18-4-1-2-10-29-18)31-23-8-11-28-17-21(23)25-15-20(32-36-25)16-30-26(34)5-3-12-33/h1-8,10-11,14-15,17,33H,9,12-13,16H2,(H,28,31)(H,30,34)/b5-3-. The largest absolute Gasteiger partial charge is 0.492 e. The summed E-state index contributed by atoms with van der Waals surface area (Å²) in [5, 5.41) is 19.2. The van der Waals surface area contributed by atoms with E-state index in [9.17, 15) is 4.79 Å². The molecule has 1 amide bonds. The van der Waals surface area contributed by atoms with Crippen LogP contribution in [0.5, 0.6) is 5.75 Å². The quantitative estimate of drug-likeness (QED) is 0.258. The van der Waals surface area contributed by atoms with Gasteiger partial charge in [0.15, 0.2) is 5.76 Å². The van der Waals surface area contributed by atoms with Gasteiger partial charge in [0, 0.05) is 48.5 Å². The lowest BCUT2D eigenvalue weighted by Crippen LogP contribution is -2.20. The van der Waals surface area contributed by atoms with Gasteiger partial charge in [-0.3, -0.25) is 14.8 Å². The average Bonchev–Trinajstić information content (AvgIpc) is 3.37. The Morgan fingerprint density at radius 1 is 1.14 bits per heavy atom. The maximum absolute atomic E-state index is 11.7. The van der Waals surface area contributed by atoms with E-state index in [0.717, 1.165) is 17.1 Å². The van der Waals surface area contributed by atoms with Gasteiger partial charge >= 0.3 is 0 Å². The third-order valence-corrected chi connectivity index (χ3v) is 5.31. The smallest absolute Gasteiger partial charge is 0.244 e. The Kier molecular flexibility index (Phi) is 8.63. The number of hydrogen-bond donors (Lipinski definition) is 3. The van der Waals surface area contributed by atoms with E-state index in [0.29, 0.717) is 40.8 Å². The number of amides is 1. The van der Waals surface area contributed by atoms with Gasteiger partial charge < -0.3 is 25.0 Å². The first-order valence-electron chi connectivity index (χ1n) is 11.2. The van der Waals surface area contributed by atoms with Crippen LogP contribution < -0.4 is 15.4 Å². The lowest BCUT2D eigenvalue weighted by molar-refractivity contribution is -0.116. The first-order valence-corrected chi connectivity index (χ1v) is 11.5. The van der Waals surface area contributed by atoms with Gasteiger partial charge in [-0.2, -0.15) is 0 Å². The monoisotopic (exact) mass is 505 g/mol. The molecule has 0 aliphatic carbocycles. The molecule has 3 aromatic heterocycles. The Morgan fingerprint density at radius 3 is 2.86 bits per heavy atom. The van der Waals surface area contributed by atoms with Gasteiger partial charge in [0.05, 0.1) is 36.0 Å². The Bertz CT molecular complexity index is 1330. The number of carbonyl (C=O) groups is 1. The van der Waals surface area contributed by atoms with Gasteiger partial charge in [0.1, 0.15) is 11.4 Å². The van der Waals surface area contributed by atoms with Crippen molar-refractivity contribution in [3.05, 3.63) is 95.7 Å². The summed E-state index contributed by atoms with van der Waals surface area (Å²) in [6.45, 7) is 0.438. The highest BCUT2D eigenvalue weighted by Crippen LogP contribution is 2.33. The van der Waals surface area contributed by atoms with Crippen LogP contribution in [0.3, 0.4) is 0 Å². The van der Waals surface area contributed by atoms with Crippen molar-refractivity contribution in [1.82, 2.24) is 20.4 Å². The molecule has 0 unspecified atom stereocenters. The SMILES string of the molecule is O=C(/C=C\CO)NCc1cc(-c2cnccc2Nc2ccc(OCCc3ccccn3)c(Cl)c2)on1. The molecule has 0 saturated carbocycles. The zero-order valence-electron chi connectivity index (χ0n) is 19.2. The first-order chi connectivity index (χ1) is 17.6. The van der Waals surface area contributed by atoms with Gasteiger partial charge in [-0.1, -0.05) is 28.9 Å². The number of anilines is 2. The van der Waals surface area contributed by atoms with E-state index in [2.05, 4.69) is 25.8 Å². The van der Waals surface area contributed by atoms with E-state index in [1.165, 1.54) is 12.2 Å². The van der Waals surface area contributed by atoms with Crippen LogP contribution in [0.1, 0.15) is 11.4 Å².